The van der Waals surface area contributed by atoms with E-state index in [9.17, 15) is 19.2 Å². The highest BCUT2D eigenvalue weighted by molar-refractivity contribution is 7.98. The zero-order valence-electron chi connectivity index (χ0n) is 17.5. The van der Waals surface area contributed by atoms with Crippen LogP contribution in [-0.4, -0.2) is 65.1 Å². The molecule has 2 aliphatic rings. The summed E-state index contributed by atoms with van der Waals surface area (Å²) in [7, 11) is 1.54. The van der Waals surface area contributed by atoms with E-state index < -0.39 is 6.04 Å². The van der Waals surface area contributed by atoms with Crippen molar-refractivity contribution in [2.24, 2.45) is 11.8 Å². The summed E-state index contributed by atoms with van der Waals surface area (Å²) in [4.78, 5) is 54.1. The van der Waals surface area contributed by atoms with E-state index in [2.05, 4.69) is 5.32 Å². The molecule has 0 bridgehead atoms. The summed E-state index contributed by atoms with van der Waals surface area (Å²) in [6.45, 7) is -0.146. The van der Waals surface area contributed by atoms with Gasteiger partial charge in [-0.3, -0.25) is 24.1 Å². The molecular formula is C22H29N3O4S. The number of nitrogens with zero attached hydrogens (tertiary/aromatic N) is 2. The molecule has 4 amide bonds. The number of anilines is 1. The average Bonchev–Trinajstić information content (AvgIpc) is 3.00. The van der Waals surface area contributed by atoms with Gasteiger partial charge in [-0.1, -0.05) is 31.0 Å². The SMILES string of the molecule is CSCCC(C(=O)N(C)CC(=O)Nc1ccccc1)N1C(=O)C2CCCCC2C1=O. The fourth-order valence-corrected chi connectivity index (χ4v) is 4.82. The van der Waals surface area contributed by atoms with E-state index in [4.69, 9.17) is 0 Å². The molecular weight excluding hydrogens is 402 g/mol. The summed E-state index contributed by atoms with van der Waals surface area (Å²) in [5, 5.41) is 2.75. The lowest BCUT2D eigenvalue weighted by Gasteiger charge is -2.29. The van der Waals surface area contributed by atoms with E-state index in [-0.39, 0.29) is 42.0 Å². The van der Waals surface area contributed by atoms with Crippen LogP contribution in [0.2, 0.25) is 0 Å². The normalized spacial score (nSPS) is 21.9. The monoisotopic (exact) mass is 431 g/mol. The van der Waals surface area contributed by atoms with Crippen molar-refractivity contribution in [2.75, 3.05) is 30.9 Å². The summed E-state index contributed by atoms with van der Waals surface area (Å²) < 4.78 is 0. The van der Waals surface area contributed by atoms with Crippen molar-refractivity contribution in [1.82, 2.24) is 9.80 Å². The van der Waals surface area contributed by atoms with Crippen molar-refractivity contribution in [3.8, 4) is 0 Å². The lowest BCUT2D eigenvalue weighted by atomic mass is 9.81. The van der Waals surface area contributed by atoms with Crippen molar-refractivity contribution in [3.05, 3.63) is 30.3 Å². The molecule has 2 fully saturated rings. The van der Waals surface area contributed by atoms with Gasteiger partial charge in [-0.25, -0.2) is 0 Å². The van der Waals surface area contributed by atoms with Gasteiger partial charge in [0.05, 0.1) is 18.4 Å². The smallest absolute Gasteiger partial charge is 0.246 e. The first kappa shape index (κ1) is 22.3. The number of benzene rings is 1. The Balaban J connectivity index is 1.71. The number of hydrogen-bond acceptors (Lipinski definition) is 5. The molecule has 0 aromatic heterocycles. The minimum absolute atomic E-state index is 0.146. The van der Waals surface area contributed by atoms with Gasteiger partial charge in [0.15, 0.2) is 0 Å². The van der Waals surface area contributed by atoms with Gasteiger partial charge in [0.25, 0.3) is 0 Å². The van der Waals surface area contributed by atoms with Gasteiger partial charge in [-0.15, -0.1) is 0 Å². The number of fused-ring (bicyclic) bond motifs is 1. The molecule has 30 heavy (non-hydrogen) atoms. The number of carbonyl (C=O) groups is 4. The maximum Gasteiger partial charge on any atom is 0.246 e. The van der Waals surface area contributed by atoms with Gasteiger partial charge in [-0.2, -0.15) is 11.8 Å². The maximum atomic E-state index is 13.2. The molecule has 1 aromatic carbocycles. The van der Waals surface area contributed by atoms with E-state index in [1.807, 2.05) is 24.5 Å². The van der Waals surface area contributed by atoms with Crippen molar-refractivity contribution in [2.45, 2.75) is 38.1 Å². The van der Waals surface area contributed by atoms with Crippen LogP contribution in [0.15, 0.2) is 30.3 Å². The first-order valence-electron chi connectivity index (χ1n) is 10.4. The van der Waals surface area contributed by atoms with Gasteiger partial charge in [0.1, 0.15) is 6.04 Å². The third kappa shape index (κ3) is 4.86. The highest BCUT2D eigenvalue weighted by Crippen LogP contribution is 2.39. The molecule has 0 radical (unpaired) electrons. The topological polar surface area (TPSA) is 86.8 Å². The largest absolute Gasteiger partial charge is 0.335 e. The Morgan fingerprint density at radius 3 is 2.30 bits per heavy atom. The van der Waals surface area contributed by atoms with Crippen LogP contribution in [0, 0.1) is 11.8 Å². The number of imide groups is 1. The molecule has 3 unspecified atom stereocenters. The van der Waals surface area contributed by atoms with Crippen LogP contribution in [-0.2, 0) is 19.2 Å². The number of nitrogens with one attached hydrogen (secondary N) is 1. The van der Waals surface area contributed by atoms with Gasteiger partial charge in [0, 0.05) is 12.7 Å². The van der Waals surface area contributed by atoms with Gasteiger partial charge >= 0.3 is 0 Å². The Kier molecular flexibility index (Phi) is 7.53. The first-order chi connectivity index (χ1) is 14.4. The van der Waals surface area contributed by atoms with E-state index in [1.54, 1.807) is 23.9 Å². The molecule has 1 heterocycles. The number of amides is 4. The number of rotatable bonds is 8. The molecule has 162 valence electrons. The van der Waals surface area contributed by atoms with Gasteiger partial charge < -0.3 is 10.2 Å². The summed E-state index contributed by atoms with van der Waals surface area (Å²) in [6, 6.07) is 8.16. The molecule has 1 N–H and O–H groups in total. The molecule has 0 spiro atoms. The Hall–Kier alpha value is -2.35. The number of carbonyl (C=O) groups excluding carboxylic acids is 4. The lowest BCUT2D eigenvalue weighted by Crippen LogP contribution is -2.52. The second-order valence-corrected chi connectivity index (χ2v) is 8.94. The molecule has 1 aromatic rings. The fraction of sp³-hybridized carbons (Fsp3) is 0.545. The van der Waals surface area contributed by atoms with E-state index in [0.717, 1.165) is 12.8 Å². The molecule has 8 heteroatoms. The maximum absolute atomic E-state index is 13.2. The van der Waals surface area contributed by atoms with Crippen molar-refractivity contribution < 1.29 is 19.2 Å². The van der Waals surface area contributed by atoms with Crippen molar-refractivity contribution in [3.63, 3.8) is 0 Å². The highest BCUT2D eigenvalue weighted by atomic mass is 32.2. The highest BCUT2D eigenvalue weighted by Gasteiger charge is 2.52. The van der Waals surface area contributed by atoms with Crippen LogP contribution in [0.4, 0.5) is 5.69 Å². The predicted molar refractivity (Wildman–Crippen MR) is 117 cm³/mol. The first-order valence-corrected chi connectivity index (χ1v) is 11.8. The third-order valence-corrected chi connectivity index (χ3v) is 6.53. The zero-order valence-corrected chi connectivity index (χ0v) is 18.3. The van der Waals surface area contributed by atoms with E-state index >= 15 is 0 Å². The quantitative estimate of drug-likeness (QED) is 0.639. The number of para-hydroxylation sites is 1. The van der Waals surface area contributed by atoms with Crippen LogP contribution in [0.5, 0.6) is 0 Å². The molecule has 1 saturated heterocycles. The summed E-state index contributed by atoms with van der Waals surface area (Å²) in [6.07, 6.45) is 5.62. The Bertz CT molecular complexity index is 777. The summed E-state index contributed by atoms with van der Waals surface area (Å²) >= 11 is 1.56. The van der Waals surface area contributed by atoms with Crippen LogP contribution >= 0.6 is 11.8 Å². The number of hydrogen-bond donors (Lipinski definition) is 1. The minimum Gasteiger partial charge on any atom is -0.335 e. The number of likely N-dealkylation sites (N-methyl/N-ethyl adjacent to an activating group) is 1. The minimum atomic E-state index is -0.849. The third-order valence-electron chi connectivity index (χ3n) is 5.88. The fourth-order valence-electron chi connectivity index (χ4n) is 4.36. The average molecular weight is 432 g/mol. The molecule has 7 nitrogen and oxygen atoms in total. The Morgan fingerprint density at radius 1 is 1.13 bits per heavy atom. The predicted octanol–water partition coefficient (Wildman–Crippen LogP) is 2.38. The molecule has 3 rings (SSSR count). The Labute approximate surface area is 181 Å². The standard InChI is InChI=1S/C22H29N3O4S/c1-24(14-19(26)23-15-8-4-3-5-9-15)22(29)18(12-13-30-2)25-20(27)16-10-6-7-11-17(16)21(25)28/h3-5,8-9,16-18H,6-7,10-14H2,1-2H3,(H,23,26). The van der Waals surface area contributed by atoms with E-state index in [1.165, 1.54) is 16.8 Å². The zero-order chi connectivity index (χ0) is 21.7. The van der Waals surface area contributed by atoms with Crippen LogP contribution in [0.25, 0.3) is 0 Å². The number of thioether (sulfide) groups is 1. The molecule has 1 aliphatic heterocycles. The van der Waals surface area contributed by atoms with Crippen LogP contribution < -0.4 is 5.32 Å². The second kappa shape index (κ2) is 10.1. The molecule has 3 atom stereocenters. The molecule has 1 aliphatic carbocycles. The lowest BCUT2D eigenvalue weighted by molar-refractivity contribution is -0.151. The summed E-state index contributed by atoms with van der Waals surface area (Å²) in [5.74, 6) is -1.06. The second-order valence-electron chi connectivity index (χ2n) is 7.95. The Morgan fingerprint density at radius 2 is 1.73 bits per heavy atom. The summed E-state index contributed by atoms with van der Waals surface area (Å²) in [5.41, 5.74) is 0.649. The van der Waals surface area contributed by atoms with Gasteiger partial charge in [0.2, 0.25) is 23.6 Å². The van der Waals surface area contributed by atoms with Crippen molar-refractivity contribution in [1.29, 1.82) is 0 Å². The van der Waals surface area contributed by atoms with Crippen LogP contribution in [0.1, 0.15) is 32.1 Å². The van der Waals surface area contributed by atoms with E-state index in [0.29, 0.717) is 30.7 Å². The number of likely N-dealkylation sites (tertiary alicyclic amines) is 1. The van der Waals surface area contributed by atoms with Crippen LogP contribution in [0.3, 0.4) is 0 Å². The molecule has 1 saturated carbocycles. The van der Waals surface area contributed by atoms with Crippen molar-refractivity contribution >= 4 is 41.1 Å². The van der Waals surface area contributed by atoms with Gasteiger partial charge in [-0.05, 0) is 43.4 Å².